The second kappa shape index (κ2) is 5.75. The van der Waals surface area contributed by atoms with Gasteiger partial charge in [0.15, 0.2) is 0 Å². The molecule has 1 aromatic heterocycles. The number of H-pyrrole nitrogens is 1. The van der Waals surface area contributed by atoms with Crippen LogP contribution in [-0.2, 0) is 6.42 Å². The third-order valence-electron chi connectivity index (χ3n) is 3.43. The lowest BCUT2D eigenvalue weighted by molar-refractivity contribution is 0.972. The quantitative estimate of drug-likeness (QED) is 0.793. The second-order valence-corrected chi connectivity index (χ2v) is 4.82. The van der Waals surface area contributed by atoms with E-state index >= 15 is 0 Å². The van der Waals surface area contributed by atoms with Gasteiger partial charge in [-0.15, -0.1) is 0 Å². The van der Waals surface area contributed by atoms with Crippen LogP contribution in [0.4, 0.5) is 0 Å². The smallest absolute Gasteiger partial charge is 0.270 e. The Hall–Kier alpha value is -2.68. The minimum Gasteiger partial charge on any atom is -0.319 e. The van der Waals surface area contributed by atoms with Crippen LogP contribution in [0.1, 0.15) is 12.6 Å². The molecule has 1 N–H and O–H groups in total. The van der Waals surface area contributed by atoms with Gasteiger partial charge in [-0.25, -0.2) is 4.98 Å². The topological polar surface area (TPSA) is 45.8 Å². The van der Waals surface area contributed by atoms with Gasteiger partial charge < -0.3 is 4.98 Å². The molecule has 1 heterocycles. The maximum Gasteiger partial charge on any atom is 0.270 e. The molecule has 0 aliphatic heterocycles. The predicted octanol–water partition coefficient (Wildman–Crippen LogP) is 3.67. The van der Waals surface area contributed by atoms with Crippen molar-refractivity contribution in [2.75, 3.05) is 0 Å². The maximum absolute atomic E-state index is 12.1. The van der Waals surface area contributed by atoms with E-state index in [4.69, 9.17) is 0 Å². The summed E-state index contributed by atoms with van der Waals surface area (Å²) in [6, 6.07) is 19.8. The van der Waals surface area contributed by atoms with E-state index in [0.29, 0.717) is 12.1 Å². The van der Waals surface area contributed by atoms with E-state index in [1.165, 1.54) is 0 Å². The van der Waals surface area contributed by atoms with Crippen molar-refractivity contribution in [3.05, 3.63) is 76.7 Å². The van der Waals surface area contributed by atoms with E-state index < -0.39 is 0 Å². The summed E-state index contributed by atoms with van der Waals surface area (Å²) in [5.74, 6) is 0. The lowest BCUT2D eigenvalue weighted by Crippen LogP contribution is -2.16. The summed E-state index contributed by atoms with van der Waals surface area (Å²) in [5, 5.41) is 0. The summed E-state index contributed by atoms with van der Waals surface area (Å²) in [6.45, 7) is 1.94. The van der Waals surface area contributed by atoms with E-state index in [0.717, 1.165) is 22.5 Å². The van der Waals surface area contributed by atoms with Crippen LogP contribution in [-0.4, -0.2) is 9.97 Å². The summed E-state index contributed by atoms with van der Waals surface area (Å²) in [6.07, 6.45) is 0.615. The highest BCUT2D eigenvalue weighted by atomic mass is 16.1. The van der Waals surface area contributed by atoms with Crippen LogP contribution in [0, 0.1) is 0 Å². The van der Waals surface area contributed by atoms with Crippen LogP contribution < -0.4 is 5.56 Å². The third-order valence-corrected chi connectivity index (χ3v) is 3.43. The van der Waals surface area contributed by atoms with Crippen LogP contribution in [0.25, 0.3) is 22.5 Å². The number of nitrogens with zero attached hydrogens (tertiary/aromatic N) is 1. The van der Waals surface area contributed by atoms with Gasteiger partial charge in [0.1, 0.15) is 5.69 Å². The summed E-state index contributed by atoms with van der Waals surface area (Å²) in [7, 11) is 0. The van der Waals surface area contributed by atoms with Gasteiger partial charge in [0, 0.05) is 11.1 Å². The van der Waals surface area contributed by atoms with Crippen molar-refractivity contribution in [3.63, 3.8) is 0 Å². The summed E-state index contributed by atoms with van der Waals surface area (Å²) < 4.78 is 0. The number of aromatic nitrogens is 2. The second-order valence-electron chi connectivity index (χ2n) is 4.82. The molecule has 3 heteroatoms. The van der Waals surface area contributed by atoms with E-state index in [9.17, 15) is 4.79 Å². The van der Waals surface area contributed by atoms with Gasteiger partial charge in [-0.2, -0.15) is 0 Å². The van der Waals surface area contributed by atoms with Crippen LogP contribution in [0.3, 0.4) is 0 Å². The van der Waals surface area contributed by atoms with E-state index in [-0.39, 0.29) is 5.56 Å². The average Bonchev–Trinajstić information content (AvgIpc) is 2.56. The first-order valence-corrected chi connectivity index (χ1v) is 7.03. The van der Waals surface area contributed by atoms with Crippen molar-refractivity contribution in [2.24, 2.45) is 0 Å². The van der Waals surface area contributed by atoms with Gasteiger partial charge in [-0.3, -0.25) is 4.79 Å². The van der Waals surface area contributed by atoms with Gasteiger partial charge in [0.05, 0.1) is 11.4 Å². The number of rotatable bonds is 3. The van der Waals surface area contributed by atoms with Crippen LogP contribution in [0.5, 0.6) is 0 Å². The molecule has 104 valence electrons. The highest BCUT2D eigenvalue weighted by molar-refractivity contribution is 5.77. The zero-order chi connectivity index (χ0) is 14.7. The Balaban J connectivity index is 2.28. The fraction of sp³-hybridized carbons (Fsp3) is 0.111. The van der Waals surface area contributed by atoms with Gasteiger partial charge in [0.2, 0.25) is 0 Å². The molecule has 2 aromatic carbocycles. The van der Waals surface area contributed by atoms with Crippen LogP contribution >= 0.6 is 0 Å². The van der Waals surface area contributed by atoms with Gasteiger partial charge in [0.25, 0.3) is 5.56 Å². The minimum absolute atomic E-state index is 0.115. The Bertz CT molecular complexity index is 792. The molecule has 0 saturated heterocycles. The molecule has 0 unspecified atom stereocenters. The number of hydrogen-bond donors (Lipinski definition) is 1. The van der Waals surface area contributed by atoms with Crippen molar-refractivity contribution in [2.45, 2.75) is 13.3 Å². The minimum atomic E-state index is -0.115. The normalized spacial score (nSPS) is 10.5. The number of aryl methyl sites for hydroxylation is 1. The fourth-order valence-electron chi connectivity index (χ4n) is 2.34. The number of nitrogens with one attached hydrogen (secondary N) is 1. The van der Waals surface area contributed by atoms with Crippen molar-refractivity contribution in [3.8, 4) is 22.5 Å². The van der Waals surface area contributed by atoms with E-state index in [1.807, 2.05) is 67.6 Å². The monoisotopic (exact) mass is 276 g/mol. The zero-order valence-corrected chi connectivity index (χ0v) is 11.8. The number of hydrogen-bond acceptors (Lipinski definition) is 2. The van der Waals surface area contributed by atoms with Crippen LogP contribution in [0.15, 0.2) is 65.5 Å². The molecule has 21 heavy (non-hydrogen) atoms. The first-order chi connectivity index (χ1) is 10.3. The molecule has 0 spiro atoms. The molecule has 0 radical (unpaired) electrons. The highest BCUT2D eigenvalue weighted by Crippen LogP contribution is 2.27. The fourth-order valence-corrected chi connectivity index (χ4v) is 2.34. The molecule has 0 bridgehead atoms. The van der Waals surface area contributed by atoms with Gasteiger partial charge in [-0.1, -0.05) is 67.6 Å². The molecular weight excluding hydrogens is 260 g/mol. The Kier molecular flexibility index (Phi) is 3.65. The molecule has 3 nitrogen and oxygen atoms in total. The molecule has 0 atom stereocenters. The zero-order valence-electron chi connectivity index (χ0n) is 11.8. The summed E-state index contributed by atoms with van der Waals surface area (Å²) >= 11 is 0. The van der Waals surface area contributed by atoms with Gasteiger partial charge in [-0.05, 0) is 6.42 Å². The molecule has 3 rings (SSSR count). The molecule has 0 saturated carbocycles. The first kappa shape index (κ1) is 13.3. The van der Waals surface area contributed by atoms with E-state index in [2.05, 4.69) is 9.97 Å². The molecule has 0 aliphatic rings. The standard InChI is InChI=1S/C18H16N2O/c1-2-15-18(21)20-17(14-11-7-4-8-12-14)16(19-15)13-9-5-3-6-10-13/h3-12H,2H2,1H3,(H,20,21). The number of aromatic amines is 1. The number of benzene rings is 2. The first-order valence-electron chi connectivity index (χ1n) is 7.03. The molecular formula is C18H16N2O. The Morgan fingerprint density at radius 3 is 2.05 bits per heavy atom. The predicted molar refractivity (Wildman–Crippen MR) is 85.1 cm³/mol. The highest BCUT2D eigenvalue weighted by Gasteiger charge is 2.12. The maximum atomic E-state index is 12.1. The third kappa shape index (κ3) is 2.63. The van der Waals surface area contributed by atoms with Crippen molar-refractivity contribution in [1.82, 2.24) is 9.97 Å². The summed E-state index contributed by atoms with van der Waals surface area (Å²) in [5.41, 5.74) is 4.00. The molecule has 0 amide bonds. The summed E-state index contributed by atoms with van der Waals surface area (Å²) in [4.78, 5) is 19.7. The Morgan fingerprint density at radius 1 is 0.905 bits per heavy atom. The van der Waals surface area contributed by atoms with Crippen molar-refractivity contribution >= 4 is 0 Å². The van der Waals surface area contributed by atoms with Crippen LogP contribution in [0.2, 0.25) is 0 Å². The Morgan fingerprint density at radius 2 is 1.48 bits per heavy atom. The lowest BCUT2D eigenvalue weighted by Gasteiger charge is -2.10. The average molecular weight is 276 g/mol. The SMILES string of the molecule is CCc1nc(-c2ccccc2)c(-c2ccccc2)[nH]c1=O. The Labute approximate surface area is 123 Å². The van der Waals surface area contributed by atoms with Crippen molar-refractivity contribution in [1.29, 1.82) is 0 Å². The van der Waals surface area contributed by atoms with Gasteiger partial charge >= 0.3 is 0 Å². The molecule has 0 fully saturated rings. The van der Waals surface area contributed by atoms with E-state index in [1.54, 1.807) is 0 Å². The molecule has 0 aliphatic carbocycles. The van der Waals surface area contributed by atoms with Crippen molar-refractivity contribution < 1.29 is 0 Å². The molecule has 3 aromatic rings. The lowest BCUT2D eigenvalue weighted by atomic mass is 10.0. The largest absolute Gasteiger partial charge is 0.319 e.